The maximum atomic E-state index is 13.5. The summed E-state index contributed by atoms with van der Waals surface area (Å²) in [4.78, 5) is 26.0. The number of phenolic OH excluding ortho intramolecular Hbond substituents is 3. The summed E-state index contributed by atoms with van der Waals surface area (Å²) in [6.07, 6.45) is -11.7. The lowest BCUT2D eigenvalue weighted by atomic mass is 9.75. The van der Waals surface area contributed by atoms with E-state index >= 15 is 0 Å². The number of aliphatic hydroxyl groups excluding tert-OH is 5. The predicted octanol–water partition coefficient (Wildman–Crippen LogP) is 1.12. The van der Waals surface area contributed by atoms with Crippen molar-refractivity contribution in [1.82, 2.24) is 0 Å². The lowest BCUT2D eigenvalue weighted by Gasteiger charge is -2.51. The molecule has 0 unspecified atom stereocenters. The molecule has 2 aliphatic heterocycles. The monoisotopic (exact) mass is 752 g/mol. The molecular formula is C38H40O16. The highest BCUT2D eigenvalue weighted by Crippen LogP contribution is 2.49. The van der Waals surface area contributed by atoms with Crippen LogP contribution in [-0.2, 0) is 23.7 Å². The largest absolute Gasteiger partial charge is 0.508 e. The molecule has 2 fully saturated rings. The molecule has 1 aromatic heterocycles. The van der Waals surface area contributed by atoms with Gasteiger partial charge in [0.05, 0.1) is 37.6 Å². The van der Waals surface area contributed by atoms with Gasteiger partial charge in [0, 0.05) is 36.8 Å². The lowest BCUT2D eigenvalue weighted by molar-refractivity contribution is -0.292. The van der Waals surface area contributed by atoms with E-state index in [-0.39, 0.29) is 39.5 Å². The van der Waals surface area contributed by atoms with Gasteiger partial charge in [-0.3, -0.25) is 4.79 Å². The van der Waals surface area contributed by atoms with Crippen LogP contribution in [-0.4, -0.2) is 123 Å². The van der Waals surface area contributed by atoms with Crippen LogP contribution in [0, 0.1) is 5.92 Å². The molecule has 2 saturated heterocycles. The second kappa shape index (κ2) is 16.1. The van der Waals surface area contributed by atoms with Crippen molar-refractivity contribution >= 4 is 23.0 Å². The molecule has 2 aliphatic rings. The summed E-state index contributed by atoms with van der Waals surface area (Å²) >= 11 is 0. The Kier molecular flexibility index (Phi) is 11.6. The number of carbonyl (C=O) groups is 1. The number of hydrogen-bond donors (Lipinski definition) is 8. The van der Waals surface area contributed by atoms with Crippen molar-refractivity contribution in [2.75, 3.05) is 27.4 Å². The van der Waals surface area contributed by atoms with Crippen molar-refractivity contribution in [1.29, 1.82) is 0 Å². The molecule has 0 radical (unpaired) electrons. The molecule has 4 aromatic rings. The summed E-state index contributed by atoms with van der Waals surface area (Å²) in [6.45, 7) is -1.37. The van der Waals surface area contributed by atoms with Crippen molar-refractivity contribution in [2.24, 2.45) is 5.92 Å². The first-order valence-electron chi connectivity index (χ1n) is 16.8. The van der Waals surface area contributed by atoms with E-state index in [9.17, 15) is 50.4 Å². The molecule has 0 spiro atoms. The highest BCUT2D eigenvalue weighted by molar-refractivity contribution is 5.88. The number of methoxy groups -OCH3 is 2. The Labute approximate surface area is 307 Å². The minimum atomic E-state index is -1.87. The van der Waals surface area contributed by atoms with Crippen molar-refractivity contribution in [3.05, 3.63) is 88.1 Å². The van der Waals surface area contributed by atoms with E-state index in [0.29, 0.717) is 11.1 Å². The third kappa shape index (κ3) is 7.51. The normalized spacial score (nSPS) is 28.6. The van der Waals surface area contributed by atoms with Gasteiger partial charge >= 0.3 is 5.97 Å². The van der Waals surface area contributed by atoms with Crippen molar-refractivity contribution < 1.29 is 73.7 Å². The molecule has 0 saturated carbocycles. The number of benzene rings is 3. The van der Waals surface area contributed by atoms with Crippen molar-refractivity contribution in [3.8, 4) is 34.3 Å². The van der Waals surface area contributed by atoms with Crippen LogP contribution in [0.1, 0.15) is 17.2 Å². The average Bonchev–Trinajstić information content (AvgIpc) is 3.16. The Hall–Kier alpha value is -5.04. The van der Waals surface area contributed by atoms with Gasteiger partial charge in [-0.25, -0.2) is 4.79 Å². The van der Waals surface area contributed by atoms with Gasteiger partial charge in [0.2, 0.25) is 0 Å². The number of fused-ring (bicyclic) bond motifs is 1. The van der Waals surface area contributed by atoms with Crippen LogP contribution >= 0.6 is 0 Å². The highest BCUT2D eigenvalue weighted by Gasteiger charge is 2.56. The number of phenols is 3. The van der Waals surface area contributed by atoms with Gasteiger partial charge in [-0.2, -0.15) is 0 Å². The summed E-state index contributed by atoms with van der Waals surface area (Å²) in [6, 6.07) is 14.4. The molecule has 54 heavy (non-hydrogen) atoms. The van der Waals surface area contributed by atoms with Gasteiger partial charge in [0.15, 0.2) is 5.43 Å². The molecule has 0 bridgehead atoms. The first kappa shape index (κ1) is 38.7. The first-order chi connectivity index (χ1) is 25.9. The maximum Gasteiger partial charge on any atom is 0.330 e. The number of aliphatic hydroxyl groups is 5. The van der Waals surface area contributed by atoms with Gasteiger partial charge in [0.25, 0.3) is 0 Å². The van der Waals surface area contributed by atoms with Gasteiger partial charge in [-0.05, 0) is 48.0 Å². The number of rotatable bonds is 10. The molecule has 3 aromatic carbocycles. The predicted molar refractivity (Wildman–Crippen MR) is 188 cm³/mol. The van der Waals surface area contributed by atoms with E-state index in [1.54, 1.807) is 12.1 Å². The topological polar surface area (TPSA) is 255 Å². The van der Waals surface area contributed by atoms with Gasteiger partial charge in [0.1, 0.15) is 83.0 Å². The van der Waals surface area contributed by atoms with Crippen LogP contribution < -0.4 is 10.2 Å². The molecule has 3 heterocycles. The van der Waals surface area contributed by atoms with Gasteiger partial charge in [-0.15, -0.1) is 0 Å². The standard InChI is InChI=1S/C38H40O16/c1-49-23-14-24-28(21(42)13-22(52-24)18-6-10-20(41)11-7-18)33(46)29(23)38-37(50-2)30(31(44)25(15-39)53-38)36-35(48)34(47)32(45)26(54-36)16-51-27(43)12-5-17-3-8-19(40)9-4-17/h3-14,25-26,30-32,34-41,44-48H,15-16H2,1-2H3/t25-,26-,30-,31-,32-,34+,35-,36+,37-,38+/m1/s1. The van der Waals surface area contributed by atoms with Crippen LogP contribution in [0.5, 0.6) is 23.0 Å². The summed E-state index contributed by atoms with van der Waals surface area (Å²) < 4.78 is 34.7. The number of esters is 1. The molecule has 6 rings (SSSR count). The second-order valence-electron chi connectivity index (χ2n) is 12.9. The average molecular weight is 753 g/mol. The zero-order valence-corrected chi connectivity index (χ0v) is 29.0. The Morgan fingerprint density at radius 2 is 1.50 bits per heavy atom. The van der Waals surface area contributed by atoms with Gasteiger partial charge in [-0.1, -0.05) is 12.1 Å². The van der Waals surface area contributed by atoms with E-state index in [1.807, 2.05) is 0 Å². The molecule has 0 aliphatic carbocycles. The lowest BCUT2D eigenvalue weighted by Crippen LogP contribution is -2.66. The Morgan fingerprint density at radius 3 is 2.13 bits per heavy atom. The van der Waals surface area contributed by atoms with E-state index in [0.717, 1.165) is 12.1 Å². The third-order valence-corrected chi connectivity index (χ3v) is 9.70. The molecule has 8 N–H and O–H groups in total. The van der Waals surface area contributed by atoms with Gasteiger partial charge < -0.3 is 69.0 Å². The zero-order valence-electron chi connectivity index (χ0n) is 29.0. The Bertz CT molecular complexity index is 2030. The van der Waals surface area contributed by atoms with Crippen LogP contribution in [0.2, 0.25) is 0 Å². The Morgan fingerprint density at radius 1 is 0.833 bits per heavy atom. The molecule has 16 nitrogen and oxygen atoms in total. The fourth-order valence-corrected chi connectivity index (χ4v) is 6.94. The van der Waals surface area contributed by atoms with E-state index in [2.05, 4.69) is 0 Å². The van der Waals surface area contributed by atoms with Crippen LogP contribution in [0.3, 0.4) is 0 Å². The third-order valence-electron chi connectivity index (χ3n) is 9.70. The molecule has 16 heteroatoms. The zero-order chi connectivity index (χ0) is 38.8. The Balaban J connectivity index is 1.32. The number of aromatic hydroxyl groups is 3. The summed E-state index contributed by atoms with van der Waals surface area (Å²) in [7, 11) is 2.52. The van der Waals surface area contributed by atoms with Crippen LogP contribution in [0.15, 0.2) is 76.0 Å². The maximum absolute atomic E-state index is 13.5. The number of ether oxygens (including phenoxy) is 5. The first-order valence-corrected chi connectivity index (χ1v) is 16.8. The minimum absolute atomic E-state index is 0.00187. The molecule has 10 atom stereocenters. The molecule has 288 valence electrons. The summed E-state index contributed by atoms with van der Waals surface area (Å²) in [5, 5.41) is 85.3. The summed E-state index contributed by atoms with van der Waals surface area (Å²) in [5.74, 6) is -2.69. The summed E-state index contributed by atoms with van der Waals surface area (Å²) in [5.41, 5.74) is 0.192. The van der Waals surface area contributed by atoms with Crippen LogP contribution in [0.25, 0.3) is 28.4 Å². The van der Waals surface area contributed by atoms with E-state index < -0.39 is 91.2 Å². The van der Waals surface area contributed by atoms with Crippen molar-refractivity contribution in [3.63, 3.8) is 0 Å². The number of hydrogen-bond acceptors (Lipinski definition) is 16. The highest BCUT2D eigenvalue weighted by atomic mass is 16.6. The van der Waals surface area contributed by atoms with E-state index in [4.69, 9.17) is 28.1 Å². The molecular weight excluding hydrogens is 712 g/mol. The van der Waals surface area contributed by atoms with E-state index in [1.165, 1.54) is 62.8 Å². The number of carbonyl (C=O) groups excluding carboxylic acids is 1. The fraction of sp³-hybridized carbons (Fsp3) is 0.368. The fourth-order valence-electron chi connectivity index (χ4n) is 6.94. The smallest absolute Gasteiger partial charge is 0.330 e. The second-order valence-corrected chi connectivity index (χ2v) is 12.9. The van der Waals surface area contributed by atoms with Crippen molar-refractivity contribution in [2.45, 2.75) is 54.9 Å². The minimum Gasteiger partial charge on any atom is -0.508 e. The SMILES string of the molecule is COc1cc2oc(-c3ccc(O)cc3)cc(=O)c2c(O)c1[C@@H]1O[C@H](CO)[C@@H](O)[C@H]([C@@H]2O[C@H](COC(=O)C=Cc3ccc(O)cc3)[C@@H](O)[C@H](O)[C@H]2O)[C@H]1OC. The van der Waals surface area contributed by atoms with Crippen LogP contribution in [0.4, 0.5) is 0 Å². The molecule has 0 amide bonds. The quantitative estimate of drug-likeness (QED) is 0.0834.